The molecule has 0 unspecified atom stereocenters. The second-order valence-corrected chi connectivity index (χ2v) is 9.56. The lowest BCUT2D eigenvalue weighted by Crippen LogP contribution is -2.46. The number of benzene rings is 1. The normalized spacial score (nSPS) is 16.7. The van der Waals surface area contributed by atoms with E-state index in [-0.39, 0.29) is 11.8 Å². The van der Waals surface area contributed by atoms with Crippen molar-refractivity contribution in [3.8, 4) is 5.69 Å². The van der Waals surface area contributed by atoms with Crippen molar-refractivity contribution in [1.82, 2.24) is 30.6 Å². The Morgan fingerprint density at radius 3 is 2.21 bits per heavy atom. The first-order valence-corrected chi connectivity index (χ1v) is 12.4. The van der Waals surface area contributed by atoms with Gasteiger partial charge in [0.05, 0.1) is 22.5 Å². The van der Waals surface area contributed by atoms with Crippen molar-refractivity contribution in [3.05, 3.63) is 41.2 Å². The molecule has 2 fully saturated rings. The van der Waals surface area contributed by atoms with E-state index < -0.39 is 0 Å². The summed E-state index contributed by atoms with van der Waals surface area (Å²) in [6.45, 7) is 7.76. The minimum atomic E-state index is 0.0950. The predicted molar refractivity (Wildman–Crippen MR) is 137 cm³/mol. The highest BCUT2D eigenvalue weighted by molar-refractivity contribution is 5.92. The molecular formula is C26H37N7O. The molecule has 8 nitrogen and oxygen atoms in total. The van der Waals surface area contributed by atoms with Crippen LogP contribution in [-0.4, -0.2) is 59.1 Å². The third kappa shape index (κ3) is 4.92. The molecule has 1 amide bonds. The summed E-state index contributed by atoms with van der Waals surface area (Å²) >= 11 is 0. The minimum Gasteiger partial charge on any atom is -0.353 e. The second-order valence-electron chi connectivity index (χ2n) is 9.56. The fourth-order valence-corrected chi connectivity index (χ4v) is 4.69. The Morgan fingerprint density at radius 2 is 1.62 bits per heavy atom. The first-order valence-electron chi connectivity index (χ1n) is 12.4. The lowest BCUT2D eigenvalue weighted by molar-refractivity contribution is -0.126. The zero-order valence-corrected chi connectivity index (χ0v) is 21.1. The Bertz CT molecular complexity index is 1130. The number of hydrogen-bond donors (Lipinski definition) is 2. The third-order valence-electron chi connectivity index (χ3n) is 6.88. The Balaban J connectivity index is 0.000000868. The molecule has 34 heavy (non-hydrogen) atoms. The average molecular weight is 464 g/mol. The lowest BCUT2D eigenvalue weighted by Gasteiger charge is -2.34. The van der Waals surface area contributed by atoms with Gasteiger partial charge < -0.3 is 15.5 Å². The fourth-order valence-electron chi connectivity index (χ4n) is 4.69. The van der Waals surface area contributed by atoms with E-state index in [1.807, 2.05) is 25.7 Å². The standard InChI is InChI=1S/C24H30N6O.C2H7N/c1-15-7-9-20(10-8-15)30-17(3)21-16(2)26-27-23(22(21)28-30)29-13-11-18(12-14-29)24(31)25-19-5-4-6-19;1-3-2/h7-10,18-19H,4-6,11-14H2,1-3H3,(H,25,31);3H,1-2H3. The first kappa shape index (κ1) is 24.1. The van der Waals surface area contributed by atoms with Crippen molar-refractivity contribution in [1.29, 1.82) is 0 Å². The number of nitrogens with one attached hydrogen (secondary N) is 2. The molecule has 0 bridgehead atoms. The summed E-state index contributed by atoms with van der Waals surface area (Å²) in [6, 6.07) is 8.80. The van der Waals surface area contributed by atoms with Crippen molar-refractivity contribution >= 4 is 22.6 Å². The SMILES string of the molecule is CNC.Cc1ccc(-n2nc3c(N4CCC(C(=O)NC5CCC5)CC4)nnc(C)c3c2C)cc1. The van der Waals surface area contributed by atoms with E-state index in [2.05, 4.69) is 63.8 Å². The van der Waals surface area contributed by atoms with E-state index in [0.717, 1.165) is 72.6 Å². The zero-order chi connectivity index (χ0) is 24.2. The molecule has 0 atom stereocenters. The number of rotatable bonds is 4. The van der Waals surface area contributed by atoms with Crippen LogP contribution in [0.25, 0.3) is 16.6 Å². The van der Waals surface area contributed by atoms with Crippen LogP contribution in [0.3, 0.4) is 0 Å². The number of aromatic nitrogens is 4. The number of carbonyl (C=O) groups is 1. The van der Waals surface area contributed by atoms with Crippen LogP contribution < -0.4 is 15.5 Å². The molecule has 1 aliphatic carbocycles. The number of fused-ring (bicyclic) bond motifs is 1. The smallest absolute Gasteiger partial charge is 0.223 e. The summed E-state index contributed by atoms with van der Waals surface area (Å²) in [5.74, 6) is 1.15. The van der Waals surface area contributed by atoms with Gasteiger partial charge in [0.2, 0.25) is 5.91 Å². The molecule has 182 valence electrons. The summed E-state index contributed by atoms with van der Waals surface area (Å²) in [5.41, 5.74) is 5.12. The molecule has 3 aromatic rings. The monoisotopic (exact) mass is 463 g/mol. The van der Waals surface area contributed by atoms with Gasteiger partial charge in [-0.1, -0.05) is 17.7 Å². The Kier molecular flexibility index (Phi) is 7.46. The van der Waals surface area contributed by atoms with Gasteiger partial charge in [0, 0.05) is 25.0 Å². The number of anilines is 1. The molecule has 5 rings (SSSR count). The van der Waals surface area contributed by atoms with E-state index in [9.17, 15) is 4.79 Å². The number of amides is 1. The van der Waals surface area contributed by atoms with Gasteiger partial charge in [0.15, 0.2) is 5.82 Å². The molecule has 1 saturated heterocycles. The van der Waals surface area contributed by atoms with E-state index >= 15 is 0 Å². The van der Waals surface area contributed by atoms with Crippen LogP contribution in [0.15, 0.2) is 24.3 Å². The van der Waals surface area contributed by atoms with Crippen molar-refractivity contribution in [3.63, 3.8) is 0 Å². The highest BCUT2D eigenvalue weighted by Crippen LogP contribution is 2.32. The molecule has 2 N–H and O–H groups in total. The summed E-state index contributed by atoms with van der Waals surface area (Å²) in [4.78, 5) is 14.8. The molecule has 2 aromatic heterocycles. The maximum Gasteiger partial charge on any atom is 0.223 e. The number of carbonyl (C=O) groups excluding carboxylic acids is 1. The van der Waals surface area contributed by atoms with Crippen molar-refractivity contribution in [2.45, 2.75) is 58.9 Å². The van der Waals surface area contributed by atoms with Crippen LogP contribution in [0, 0.1) is 26.7 Å². The number of aryl methyl sites for hydroxylation is 3. The molecule has 1 saturated carbocycles. The first-order chi connectivity index (χ1) is 16.4. The predicted octanol–water partition coefficient (Wildman–Crippen LogP) is 3.46. The van der Waals surface area contributed by atoms with E-state index in [0.29, 0.717) is 6.04 Å². The van der Waals surface area contributed by atoms with Crippen molar-refractivity contribution < 1.29 is 4.79 Å². The summed E-state index contributed by atoms with van der Waals surface area (Å²) in [7, 11) is 3.75. The maximum atomic E-state index is 12.6. The zero-order valence-electron chi connectivity index (χ0n) is 21.1. The lowest BCUT2D eigenvalue weighted by atomic mass is 9.90. The summed E-state index contributed by atoms with van der Waals surface area (Å²) in [5, 5.41) is 21.0. The van der Waals surface area contributed by atoms with Gasteiger partial charge >= 0.3 is 0 Å². The highest BCUT2D eigenvalue weighted by atomic mass is 16.2. The molecule has 0 spiro atoms. The number of hydrogen-bond acceptors (Lipinski definition) is 6. The van der Waals surface area contributed by atoms with Gasteiger partial charge in [-0.25, -0.2) is 4.68 Å². The largest absolute Gasteiger partial charge is 0.353 e. The van der Waals surface area contributed by atoms with Crippen LogP contribution in [0.1, 0.15) is 49.1 Å². The third-order valence-corrected chi connectivity index (χ3v) is 6.88. The van der Waals surface area contributed by atoms with E-state index in [1.54, 1.807) is 0 Å². The Morgan fingerprint density at radius 1 is 0.971 bits per heavy atom. The van der Waals surface area contributed by atoms with Gasteiger partial charge in [-0.05, 0) is 79.1 Å². The van der Waals surface area contributed by atoms with Gasteiger partial charge in [-0.15, -0.1) is 5.10 Å². The van der Waals surface area contributed by atoms with Crippen LogP contribution in [-0.2, 0) is 4.79 Å². The Labute approximate surface area is 202 Å². The fraction of sp³-hybridized carbons (Fsp3) is 0.538. The number of nitrogens with zero attached hydrogens (tertiary/aromatic N) is 5. The van der Waals surface area contributed by atoms with E-state index in [4.69, 9.17) is 5.10 Å². The molecule has 1 aliphatic heterocycles. The second kappa shape index (κ2) is 10.5. The average Bonchev–Trinajstić information content (AvgIpc) is 3.16. The van der Waals surface area contributed by atoms with Gasteiger partial charge in [0.25, 0.3) is 0 Å². The topological polar surface area (TPSA) is 88.0 Å². The molecule has 8 heteroatoms. The molecule has 3 heterocycles. The van der Waals surface area contributed by atoms with Crippen LogP contribution >= 0.6 is 0 Å². The van der Waals surface area contributed by atoms with Gasteiger partial charge in [0.1, 0.15) is 5.52 Å². The molecule has 1 aromatic carbocycles. The summed E-state index contributed by atoms with van der Waals surface area (Å²) < 4.78 is 1.99. The molecule has 0 radical (unpaired) electrons. The minimum absolute atomic E-state index is 0.0950. The molecule has 2 aliphatic rings. The van der Waals surface area contributed by atoms with Crippen LogP contribution in [0.5, 0.6) is 0 Å². The van der Waals surface area contributed by atoms with Gasteiger partial charge in [-0.3, -0.25) is 4.79 Å². The van der Waals surface area contributed by atoms with Crippen molar-refractivity contribution in [2.75, 3.05) is 32.1 Å². The highest BCUT2D eigenvalue weighted by Gasteiger charge is 2.30. The summed E-state index contributed by atoms with van der Waals surface area (Å²) in [6.07, 6.45) is 5.18. The maximum absolute atomic E-state index is 12.6. The Hall–Kier alpha value is -3.00. The molecular weight excluding hydrogens is 426 g/mol. The van der Waals surface area contributed by atoms with Crippen molar-refractivity contribution in [2.24, 2.45) is 5.92 Å². The van der Waals surface area contributed by atoms with Crippen LogP contribution in [0.4, 0.5) is 5.82 Å². The number of piperidine rings is 1. The van der Waals surface area contributed by atoms with Gasteiger partial charge in [-0.2, -0.15) is 10.2 Å². The quantitative estimate of drug-likeness (QED) is 0.616. The van der Waals surface area contributed by atoms with E-state index in [1.165, 1.54) is 12.0 Å². The van der Waals surface area contributed by atoms with Crippen LogP contribution in [0.2, 0.25) is 0 Å².